The van der Waals surface area contributed by atoms with Crippen LogP contribution in [0.1, 0.15) is 72.6 Å². The second kappa shape index (κ2) is 3.79. The molecule has 1 spiro atoms. The van der Waals surface area contributed by atoms with Crippen molar-refractivity contribution in [1.82, 2.24) is 0 Å². The summed E-state index contributed by atoms with van der Waals surface area (Å²) in [7, 11) is 0. The molecular formula is C15H28. The summed E-state index contributed by atoms with van der Waals surface area (Å²) in [6, 6.07) is 0. The summed E-state index contributed by atoms with van der Waals surface area (Å²) in [5, 5.41) is 0. The van der Waals surface area contributed by atoms with Gasteiger partial charge in [-0.05, 0) is 67.6 Å². The van der Waals surface area contributed by atoms with E-state index in [1.807, 2.05) is 0 Å². The van der Waals surface area contributed by atoms with Gasteiger partial charge < -0.3 is 0 Å². The first kappa shape index (κ1) is 11.5. The molecule has 0 heterocycles. The predicted molar refractivity (Wildman–Crippen MR) is 66.9 cm³/mol. The SMILES string of the molecule is CC(C)CC1CC2(CCC(C)(C)CC2)C1. The van der Waals surface area contributed by atoms with Crippen molar-refractivity contribution in [3.8, 4) is 0 Å². The van der Waals surface area contributed by atoms with E-state index in [1.54, 1.807) is 12.8 Å². The van der Waals surface area contributed by atoms with Crippen molar-refractivity contribution < 1.29 is 0 Å². The second-order valence-corrected chi connectivity index (χ2v) is 7.57. The summed E-state index contributed by atoms with van der Waals surface area (Å²) >= 11 is 0. The van der Waals surface area contributed by atoms with E-state index in [0.717, 1.165) is 17.3 Å². The third-order valence-corrected chi connectivity index (χ3v) is 4.91. The van der Waals surface area contributed by atoms with Gasteiger partial charge in [0, 0.05) is 0 Å². The van der Waals surface area contributed by atoms with E-state index in [9.17, 15) is 0 Å². The number of hydrogen-bond donors (Lipinski definition) is 0. The van der Waals surface area contributed by atoms with E-state index in [1.165, 1.54) is 32.1 Å². The van der Waals surface area contributed by atoms with E-state index < -0.39 is 0 Å². The molecule has 0 N–H and O–H groups in total. The van der Waals surface area contributed by atoms with Crippen LogP contribution in [0.5, 0.6) is 0 Å². The Bertz CT molecular complexity index is 206. The molecule has 0 nitrogen and oxygen atoms in total. The first-order valence-electron chi connectivity index (χ1n) is 6.91. The van der Waals surface area contributed by atoms with Crippen molar-refractivity contribution in [3.05, 3.63) is 0 Å². The van der Waals surface area contributed by atoms with Gasteiger partial charge in [0.15, 0.2) is 0 Å². The molecular weight excluding hydrogens is 180 g/mol. The average molecular weight is 208 g/mol. The monoisotopic (exact) mass is 208 g/mol. The standard InChI is InChI=1S/C15H28/c1-12(2)9-13-10-15(11-13)7-5-14(3,4)6-8-15/h12-13H,5-11H2,1-4H3. The fraction of sp³-hybridized carbons (Fsp3) is 1.00. The fourth-order valence-corrected chi connectivity index (χ4v) is 3.86. The minimum atomic E-state index is 0.647. The molecule has 0 heteroatoms. The van der Waals surface area contributed by atoms with Crippen LogP contribution in [0.3, 0.4) is 0 Å². The van der Waals surface area contributed by atoms with Gasteiger partial charge in [-0.2, -0.15) is 0 Å². The van der Waals surface area contributed by atoms with E-state index in [4.69, 9.17) is 0 Å². The summed E-state index contributed by atoms with van der Waals surface area (Å²) in [5.41, 5.74) is 1.46. The lowest BCUT2D eigenvalue weighted by Gasteiger charge is -2.54. The molecule has 0 aromatic carbocycles. The fourth-order valence-electron chi connectivity index (χ4n) is 3.86. The minimum absolute atomic E-state index is 0.647. The van der Waals surface area contributed by atoms with E-state index in [0.29, 0.717) is 5.41 Å². The Morgan fingerprint density at radius 2 is 1.53 bits per heavy atom. The Labute approximate surface area is 95.8 Å². The molecule has 2 fully saturated rings. The van der Waals surface area contributed by atoms with Gasteiger partial charge in [0.1, 0.15) is 0 Å². The van der Waals surface area contributed by atoms with Gasteiger partial charge in [0.25, 0.3) is 0 Å². The molecule has 0 bridgehead atoms. The minimum Gasteiger partial charge on any atom is -0.0628 e. The highest BCUT2D eigenvalue weighted by Gasteiger charge is 2.46. The zero-order valence-corrected chi connectivity index (χ0v) is 11.1. The highest BCUT2D eigenvalue weighted by Crippen LogP contribution is 2.59. The molecule has 2 aliphatic rings. The van der Waals surface area contributed by atoms with Crippen LogP contribution in [0, 0.1) is 22.7 Å². The van der Waals surface area contributed by atoms with Crippen LogP contribution < -0.4 is 0 Å². The van der Waals surface area contributed by atoms with Crippen LogP contribution in [0.4, 0.5) is 0 Å². The van der Waals surface area contributed by atoms with Gasteiger partial charge in [-0.15, -0.1) is 0 Å². The lowest BCUT2D eigenvalue weighted by molar-refractivity contribution is -0.0248. The Morgan fingerprint density at radius 3 is 2.00 bits per heavy atom. The molecule has 0 aliphatic heterocycles. The summed E-state index contributed by atoms with van der Waals surface area (Å²) < 4.78 is 0. The van der Waals surface area contributed by atoms with Crippen LogP contribution in [-0.4, -0.2) is 0 Å². The van der Waals surface area contributed by atoms with Crippen molar-refractivity contribution in [2.24, 2.45) is 22.7 Å². The van der Waals surface area contributed by atoms with E-state index in [-0.39, 0.29) is 0 Å². The number of rotatable bonds is 2. The van der Waals surface area contributed by atoms with Crippen LogP contribution >= 0.6 is 0 Å². The predicted octanol–water partition coefficient (Wildman–Crippen LogP) is 5.03. The Kier molecular flexibility index (Phi) is 2.90. The smallest absolute Gasteiger partial charge is 0.0292 e. The topological polar surface area (TPSA) is 0 Å². The molecule has 88 valence electrons. The maximum absolute atomic E-state index is 2.45. The van der Waals surface area contributed by atoms with Crippen LogP contribution in [0.25, 0.3) is 0 Å². The Hall–Kier alpha value is 0. The van der Waals surface area contributed by atoms with Gasteiger partial charge >= 0.3 is 0 Å². The van der Waals surface area contributed by atoms with Crippen molar-refractivity contribution in [2.75, 3.05) is 0 Å². The van der Waals surface area contributed by atoms with E-state index in [2.05, 4.69) is 27.7 Å². The highest BCUT2D eigenvalue weighted by molar-refractivity contribution is 4.98. The van der Waals surface area contributed by atoms with Crippen LogP contribution in [-0.2, 0) is 0 Å². The summed E-state index contributed by atoms with van der Waals surface area (Å²) in [6.07, 6.45) is 10.6. The number of hydrogen-bond acceptors (Lipinski definition) is 0. The Morgan fingerprint density at radius 1 is 1.00 bits per heavy atom. The first-order valence-corrected chi connectivity index (χ1v) is 6.91. The Balaban J connectivity index is 1.78. The largest absolute Gasteiger partial charge is 0.0628 e. The third kappa shape index (κ3) is 2.57. The first-order chi connectivity index (χ1) is 6.91. The molecule has 0 atom stereocenters. The quantitative estimate of drug-likeness (QED) is 0.597. The normalized spacial score (nSPS) is 29.4. The molecule has 0 radical (unpaired) electrons. The summed E-state index contributed by atoms with van der Waals surface area (Å²) in [4.78, 5) is 0. The van der Waals surface area contributed by atoms with Gasteiger partial charge in [0.2, 0.25) is 0 Å². The maximum Gasteiger partial charge on any atom is -0.0292 e. The lowest BCUT2D eigenvalue weighted by Crippen LogP contribution is -2.42. The van der Waals surface area contributed by atoms with Crippen molar-refractivity contribution in [1.29, 1.82) is 0 Å². The molecule has 2 rings (SSSR count). The van der Waals surface area contributed by atoms with E-state index >= 15 is 0 Å². The van der Waals surface area contributed by atoms with Gasteiger partial charge in [-0.3, -0.25) is 0 Å². The highest BCUT2D eigenvalue weighted by atomic mass is 14.5. The van der Waals surface area contributed by atoms with Gasteiger partial charge in [-0.1, -0.05) is 27.7 Å². The van der Waals surface area contributed by atoms with Crippen molar-refractivity contribution >= 4 is 0 Å². The molecule has 0 aromatic rings. The van der Waals surface area contributed by atoms with Crippen molar-refractivity contribution in [2.45, 2.75) is 72.6 Å². The molecule has 2 saturated carbocycles. The van der Waals surface area contributed by atoms with Crippen LogP contribution in [0.2, 0.25) is 0 Å². The van der Waals surface area contributed by atoms with Crippen LogP contribution in [0.15, 0.2) is 0 Å². The summed E-state index contributed by atoms with van der Waals surface area (Å²) in [5.74, 6) is 1.98. The van der Waals surface area contributed by atoms with Crippen molar-refractivity contribution in [3.63, 3.8) is 0 Å². The summed E-state index contributed by atoms with van der Waals surface area (Å²) in [6.45, 7) is 9.64. The molecule has 0 aromatic heterocycles. The molecule has 0 amide bonds. The lowest BCUT2D eigenvalue weighted by atomic mass is 9.51. The zero-order valence-electron chi connectivity index (χ0n) is 11.1. The average Bonchev–Trinajstić information content (AvgIpc) is 2.05. The zero-order chi connectivity index (χ0) is 11.1. The molecule has 0 saturated heterocycles. The van der Waals surface area contributed by atoms with Gasteiger partial charge in [-0.25, -0.2) is 0 Å². The molecule has 15 heavy (non-hydrogen) atoms. The van der Waals surface area contributed by atoms with Gasteiger partial charge in [0.05, 0.1) is 0 Å². The molecule has 2 aliphatic carbocycles. The molecule has 0 unspecified atom stereocenters. The second-order valence-electron chi connectivity index (χ2n) is 7.57. The maximum atomic E-state index is 2.45. The third-order valence-electron chi connectivity index (χ3n) is 4.91.